The summed E-state index contributed by atoms with van der Waals surface area (Å²) in [5.41, 5.74) is 0. The van der Waals surface area contributed by atoms with Crippen molar-refractivity contribution in [1.82, 2.24) is 10.2 Å². The summed E-state index contributed by atoms with van der Waals surface area (Å²) in [6.07, 6.45) is 0.941. The molecule has 0 saturated carbocycles. The number of guanidine groups is 1. The first-order chi connectivity index (χ1) is 9.63. The minimum absolute atomic E-state index is 0. The van der Waals surface area contributed by atoms with Gasteiger partial charge >= 0.3 is 5.97 Å². The van der Waals surface area contributed by atoms with Crippen molar-refractivity contribution in [3.8, 4) is 0 Å². The van der Waals surface area contributed by atoms with E-state index >= 15 is 0 Å². The Morgan fingerprint density at radius 2 is 2.14 bits per heavy atom. The summed E-state index contributed by atoms with van der Waals surface area (Å²) in [6, 6.07) is 0. The van der Waals surface area contributed by atoms with Gasteiger partial charge in [-0.05, 0) is 19.3 Å². The van der Waals surface area contributed by atoms with E-state index in [4.69, 9.17) is 9.47 Å². The van der Waals surface area contributed by atoms with Gasteiger partial charge in [0.25, 0.3) is 0 Å². The Kier molecular flexibility index (Phi) is 10.8. The van der Waals surface area contributed by atoms with Crippen LogP contribution in [0.4, 0.5) is 0 Å². The average Bonchev–Trinajstić information content (AvgIpc) is 2.84. The fourth-order valence-electron chi connectivity index (χ4n) is 2.45. The highest BCUT2D eigenvalue weighted by Gasteiger charge is 2.36. The minimum atomic E-state index is -0.133. The molecule has 2 unspecified atom stereocenters. The van der Waals surface area contributed by atoms with Crippen LogP contribution in [0, 0.1) is 11.8 Å². The predicted molar refractivity (Wildman–Crippen MR) is 94.1 cm³/mol. The van der Waals surface area contributed by atoms with E-state index in [-0.39, 0.29) is 41.8 Å². The third-order valence-corrected chi connectivity index (χ3v) is 3.58. The molecule has 7 heteroatoms. The molecule has 1 aliphatic rings. The summed E-state index contributed by atoms with van der Waals surface area (Å²) in [6.45, 7) is 7.88. The standard InChI is InChI=1S/C14H27N3O3.HI/c1-5-20-8-6-7-16-14(15-3)17-9-11(2)12(10-17)13(18)19-4;/h11-12H,5-10H2,1-4H3,(H,15,16);1H. The Bertz CT molecular complexity index is 339. The number of aliphatic imine (C=N–C) groups is 1. The van der Waals surface area contributed by atoms with Crippen LogP contribution in [-0.2, 0) is 14.3 Å². The van der Waals surface area contributed by atoms with Gasteiger partial charge < -0.3 is 19.7 Å². The Morgan fingerprint density at radius 1 is 1.43 bits per heavy atom. The van der Waals surface area contributed by atoms with Crippen LogP contribution in [0.5, 0.6) is 0 Å². The number of esters is 1. The zero-order valence-corrected chi connectivity index (χ0v) is 15.8. The maximum atomic E-state index is 11.7. The Hall–Kier alpha value is -0.570. The second kappa shape index (κ2) is 11.1. The summed E-state index contributed by atoms with van der Waals surface area (Å²) in [5.74, 6) is 0.929. The van der Waals surface area contributed by atoms with Crippen LogP contribution in [-0.4, -0.2) is 63.8 Å². The molecule has 0 aromatic carbocycles. The molecule has 0 spiro atoms. The molecule has 1 N–H and O–H groups in total. The van der Waals surface area contributed by atoms with E-state index in [9.17, 15) is 4.79 Å². The largest absolute Gasteiger partial charge is 0.469 e. The first-order valence-electron chi connectivity index (χ1n) is 7.25. The SMILES string of the molecule is CCOCCCNC(=NC)N1CC(C)C(C(=O)OC)C1.I. The Labute approximate surface area is 144 Å². The molecule has 1 saturated heterocycles. The number of carbonyl (C=O) groups is 1. The van der Waals surface area contributed by atoms with Gasteiger partial charge in [-0.25, -0.2) is 0 Å². The molecule has 1 heterocycles. The average molecular weight is 413 g/mol. The Balaban J connectivity index is 0.00000400. The fraction of sp³-hybridized carbons (Fsp3) is 0.857. The van der Waals surface area contributed by atoms with Gasteiger partial charge in [0.1, 0.15) is 0 Å². The lowest BCUT2D eigenvalue weighted by molar-refractivity contribution is -0.145. The van der Waals surface area contributed by atoms with Crippen molar-refractivity contribution in [3.05, 3.63) is 0 Å². The molecule has 1 rings (SSSR count). The van der Waals surface area contributed by atoms with Crippen LogP contribution < -0.4 is 5.32 Å². The molecule has 1 aliphatic heterocycles. The third kappa shape index (κ3) is 6.37. The van der Waals surface area contributed by atoms with Gasteiger partial charge in [0.15, 0.2) is 5.96 Å². The number of ether oxygens (including phenoxy) is 2. The number of halogens is 1. The fourth-order valence-corrected chi connectivity index (χ4v) is 2.45. The maximum absolute atomic E-state index is 11.7. The molecule has 0 aromatic heterocycles. The van der Waals surface area contributed by atoms with Crippen LogP contribution in [0.15, 0.2) is 4.99 Å². The van der Waals surface area contributed by atoms with Crippen molar-refractivity contribution in [1.29, 1.82) is 0 Å². The summed E-state index contributed by atoms with van der Waals surface area (Å²) in [7, 11) is 3.21. The monoisotopic (exact) mass is 413 g/mol. The Morgan fingerprint density at radius 3 is 2.71 bits per heavy atom. The smallest absolute Gasteiger partial charge is 0.310 e. The zero-order valence-electron chi connectivity index (χ0n) is 13.4. The normalized spacial score (nSPS) is 21.9. The van der Waals surface area contributed by atoms with Crippen LogP contribution in [0.1, 0.15) is 20.3 Å². The summed E-state index contributed by atoms with van der Waals surface area (Å²) in [4.78, 5) is 18.1. The quantitative estimate of drug-likeness (QED) is 0.234. The molecule has 0 aliphatic carbocycles. The lowest BCUT2D eigenvalue weighted by Gasteiger charge is -2.21. The number of hydrogen-bond donors (Lipinski definition) is 1. The van der Waals surface area contributed by atoms with Crippen molar-refractivity contribution in [2.75, 3.05) is 47.0 Å². The van der Waals surface area contributed by atoms with Gasteiger partial charge in [0.05, 0.1) is 13.0 Å². The van der Waals surface area contributed by atoms with E-state index < -0.39 is 0 Å². The van der Waals surface area contributed by atoms with Crippen LogP contribution >= 0.6 is 24.0 Å². The molecule has 0 bridgehead atoms. The summed E-state index contributed by atoms with van der Waals surface area (Å²) < 4.78 is 10.1. The molecule has 0 amide bonds. The number of nitrogens with one attached hydrogen (secondary N) is 1. The first-order valence-corrected chi connectivity index (χ1v) is 7.25. The lowest BCUT2D eigenvalue weighted by Crippen LogP contribution is -2.41. The van der Waals surface area contributed by atoms with Gasteiger partial charge in [0, 0.05) is 39.9 Å². The molecular formula is C14H28IN3O3. The van der Waals surface area contributed by atoms with Crippen molar-refractivity contribution in [2.24, 2.45) is 16.8 Å². The third-order valence-electron chi connectivity index (χ3n) is 3.58. The lowest BCUT2D eigenvalue weighted by atomic mass is 9.99. The van der Waals surface area contributed by atoms with Crippen molar-refractivity contribution >= 4 is 35.9 Å². The van der Waals surface area contributed by atoms with Crippen molar-refractivity contribution < 1.29 is 14.3 Å². The number of carbonyl (C=O) groups excluding carboxylic acids is 1. The predicted octanol–water partition coefficient (Wildman–Crippen LogP) is 1.35. The molecular weight excluding hydrogens is 385 g/mol. The van der Waals surface area contributed by atoms with Crippen LogP contribution in [0.25, 0.3) is 0 Å². The second-order valence-corrected chi connectivity index (χ2v) is 5.04. The van der Waals surface area contributed by atoms with Crippen molar-refractivity contribution in [2.45, 2.75) is 20.3 Å². The summed E-state index contributed by atoms with van der Waals surface area (Å²) in [5, 5.41) is 3.31. The first kappa shape index (κ1) is 20.4. The molecule has 1 fully saturated rings. The topological polar surface area (TPSA) is 63.2 Å². The van der Waals surface area contributed by atoms with E-state index in [1.54, 1.807) is 7.05 Å². The van der Waals surface area contributed by atoms with Crippen LogP contribution in [0.2, 0.25) is 0 Å². The maximum Gasteiger partial charge on any atom is 0.310 e. The van der Waals surface area contributed by atoms with Gasteiger partial charge in [-0.15, -0.1) is 24.0 Å². The van der Waals surface area contributed by atoms with E-state index in [0.717, 1.165) is 38.7 Å². The number of methoxy groups -OCH3 is 1. The second-order valence-electron chi connectivity index (χ2n) is 5.04. The van der Waals surface area contributed by atoms with Crippen LogP contribution in [0.3, 0.4) is 0 Å². The number of nitrogens with zero attached hydrogens (tertiary/aromatic N) is 2. The molecule has 0 radical (unpaired) electrons. The molecule has 124 valence electrons. The molecule has 2 atom stereocenters. The number of hydrogen-bond acceptors (Lipinski definition) is 4. The van der Waals surface area contributed by atoms with Gasteiger partial charge in [-0.2, -0.15) is 0 Å². The van der Waals surface area contributed by atoms with Gasteiger partial charge in [0.2, 0.25) is 0 Å². The highest BCUT2D eigenvalue weighted by Crippen LogP contribution is 2.23. The number of likely N-dealkylation sites (tertiary alicyclic amines) is 1. The van der Waals surface area contributed by atoms with E-state index in [1.807, 2.05) is 6.92 Å². The molecule has 0 aromatic rings. The minimum Gasteiger partial charge on any atom is -0.469 e. The van der Waals surface area contributed by atoms with Crippen molar-refractivity contribution in [3.63, 3.8) is 0 Å². The van der Waals surface area contributed by atoms with Gasteiger partial charge in [-0.3, -0.25) is 9.79 Å². The highest BCUT2D eigenvalue weighted by atomic mass is 127. The van der Waals surface area contributed by atoms with E-state index in [2.05, 4.69) is 22.1 Å². The molecule has 6 nitrogen and oxygen atoms in total. The highest BCUT2D eigenvalue weighted by molar-refractivity contribution is 14.0. The zero-order chi connectivity index (χ0) is 15.0. The van der Waals surface area contributed by atoms with E-state index in [1.165, 1.54) is 7.11 Å². The van der Waals surface area contributed by atoms with Gasteiger partial charge in [-0.1, -0.05) is 6.92 Å². The summed E-state index contributed by atoms with van der Waals surface area (Å²) >= 11 is 0. The molecule has 21 heavy (non-hydrogen) atoms. The van der Waals surface area contributed by atoms with E-state index in [0.29, 0.717) is 6.54 Å². The number of rotatable bonds is 6.